The van der Waals surface area contributed by atoms with Crippen molar-refractivity contribution in [2.45, 2.75) is 19.9 Å². The molecule has 0 aliphatic carbocycles. The van der Waals surface area contributed by atoms with Gasteiger partial charge in [-0.05, 0) is 18.1 Å². The Hall–Kier alpha value is -1.62. The van der Waals surface area contributed by atoms with E-state index < -0.39 is 11.9 Å². The van der Waals surface area contributed by atoms with Gasteiger partial charge in [-0.2, -0.15) is 0 Å². The number of carbonyl (C=O) groups is 2. The lowest BCUT2D eigenvalue weighted by atomic mass is 9.98. The summed E-state index contributed by atoms with van der Waals surface area (Å²) in [7, 11) is 0. The monoisotopic (exact) mass is 284 g/mol. The van der Waals surface area contributed by atoms with Crippen molar-refractivity contribution in [2.75, 3.05) is 11.4 Å². The van der Waals surface area contributed by atoms with Gasteiger partial charge in [0.2, 0.25) is 11.8 Å². The highest BCUT2D eigenvalue weighted by molar-refractivity contribution is 6.31. The summed E-state index contributed by atoms with van der Waals surface area (Å²) in [5, 5.41) is 2.44. The summed E-state index contributed by atoms with van der Waals surface area (Å²) in [5.74, 6) is -1.45. The Morgan fingerprint density at radius 1 is 1.42 bits per heavy atom. The molecular weight excluding hydrogens is 271 g/mol. The van der Waals surface area contributed by atoms with Gasteiger partial charge >= 0.3 is 0 Å². The number of hydrogen-bond donors (Lipinski definition) is 1. The number of anilines is 1. The zero-order chi connectivity index (χ0) is 14.2. The highest BCUT2D eigenvalue weighted by Crippen LogP contribution is 2.30. The molecule has 1 atom stereocenters. The molecule has 0 spiro atoms. The van der Waals surface area contributed by atoms with Gasteiger partial charge in [0.05, 0.1) is 17.3 Å². The summed E-state index contributed by atoms with van der Waals surface area (Å²) in [4.78, 5) is 25.1. The van der Waals surface area contributed by atoms with Gasteiger partial charge in [-0.15, -0.1) is 0 Å². The van der Waals surface area contributed by atoms with Gasteiger partial charge in [-0.3, -0.25) is 14.5 Å². The molecule has 0 aromatic heterocycles. The number of amides is 2. The van der Waals surface area contributed by atoms with Crippen molar-refractivity contribution in [3.05, 3.63) is 29.0 Å². The van der Waals surface area contributed by atoms with Crippen LogP contribution in [0.5, 0.6) is 0 Å². The van der Waals surface area contributed by atoms with Crippen molar-refractivity contribution in [2.24, 2.45) is 5.92 Å². The molecule has 1 fully saturated rings. The van der Waals surface area contributed by atoms with E-state index in [4.69, 9.17) is 11.6 Å². The Bertz CT molecular complexity index is 533. The third kappa shape index (κ3) is 2.42. The Labute approximate surface area is 115 Å². The normalized spacial score (nSPS) is 19.8. The third-order valence-corrected chi connectivity index (χ3v) is 3.34. The van der Waals surface area contributed by atoms with Crippen molar-refractivity contribution in [1.29, 1.82) is 0 Å². The number of nitrogens with zero attached hydrogens (tertiary/aromatic N) is 1. The van der Waals surface area contributed by atoms with Crippen LogP contribution in [-0.4, -0.2) is 24.4 Å². The van der Waals surface area contributed by atoms with E-state index >= 15 is 0 Å². The second-order valence-electron chi connectivity index (χ2n) is 4.74. The largest absolute Gasteiger partial charge is 0.345 e. The number of carbonyl (C=O) groups excluding carboxylic acids is 2. The predicted octanol–water partition coefficient (Wildman–Crippen LogP) is 1.97. The average molecular weight is 285 g/mol. The molecule has 0 radical (unpaired) electrons. The molecule has 1 saturated heterocycles. The lowest BCUT2D eigenvalue weighted by molar-refractivity contribution is -0.131. The number of nitrogens with one attached hydrogen (secondary N) is 1. The Kier molecular flexibility index (Phi) is 3.75. The number of halogens is 2. The Morgan fingerprint density at radius 3 is 2.74 bits per heavy atom. The van der Waals surface area contributed by atoms with Crippen LogP contribution >= 0.6 is 11.6 Å². The van der Waals surface area contributed by atoms with Crippen LogP contribution in [0, 0.1) is 11.7 Å². The molecule has 1 unspecified atom stereocenters. The highest BCUT2D eigenvalue weighted by Gasteiger charge is 2.38. The van der Waals surface area contributed by atoms with Crippen molar-refractivity contribution in [1.82, 2.24) is 5.32 Å². The van der Waals surface area contributed by atoms with E-state index in [9.17, 15) is 14.0 Å². The molecule has 19 heavy (non-hydrogen) atoms. The second kappa shape index (κ2) is 5.17. The van der Waals surface area contributed by atoms with Crippen LogP contribution in [0.4, 0.5) is 10.1 Å². The van der Waals surface area contributed by atoms with Gasteiger partial charge in [0.25, 0.3) is 0 Å². The molecule has 1 aromatic carbocycles. The maximum atomic E-state index is 14.1. The van der Waals surface area contributed by atoms with E-state index in [1.807, 2.05) is 0 Å². The van der Waals surface area contributed by atoms with E-state index in [1.165, 1.54) is 17.0 Å². The summed E-state index contributed by atoms with van der Waals surface area (Å²) in [6.07, 6.45) is 0. The third-order valence-electron chi connectivity index (χ3n) is 3.05. The summed E-state index contributed by atoms with van der Waals surface area (Å²) in [6.45, 7) is 3.48. The molecule has 1 heterocycles. The number of hydrogen-bond acceptors (Lipinski definition) is 2. The van der Waals surface area contributed by atoms with Crippen LogP contribution in [0.1, 0.15) is 13.8 Å². The van der Waals surface area contributed by atoms with Crippen molar-refractivity contribution in [3.8, 4) is 0 Å². The van der Waals surface area contributed by atoms with E-state index in [0.29, 0.717) is 0 Å². The van der Waals surface area contributed by atoms with Crippen LogP contribution < -0.4 is 10.2 Å². The van der Waals surface area contributed by atoms with Crippen LogP contribution in [0.3, 0.4) is 0 Å². The minimum absolute atomic E-state index is 0.0473. The standard InChI is InChI=1S/C13H14ClFN2O2/c1-7(2)12-13(19)16-6-10(18)17(12)9-5-3-4-8(14)11(9)15/h3-5,7,12H,6H2,1-2H3,(H,16,19). The molecule has 1 aliphatic rings. The SMILES string of the molecule is CC(C)C1C(=O)NCC(=O)N1c1cccc(Cl)c1F. The van der Waals surface area contributed by atoms with Crippen molar-refractivity contribution < 1.29 is 14.0 Å². The maximum absolute atomic E-state index is 14.1. The summed E-state index contributed by atoms with van der Waals surface area (Å²) >= 11 is 5.73. The molecule has 0 bridgehead atoms. The Balaban J connectivity index is 2.51. The first-order valence-corrected chi connectivity index (χ1v) is 6.35. The molecule has 102 valence electrons. The quantitative estimate of drug-likeness (QED) is 0.903. The maximum Gasteiger partial charge on any atom is 0.247 e. The molecule has 2 rings (SSSR count). The first-order chi connectivity index (χ1) is 8.93. The van der Waals surface area contributed by atoms with E-state index in [0.717, 1.165) is 0 Å². The molecule has 1 aliphatic heterocycles. The lowest BCUT2D eigenvalue weighted by Crippen LogP contribution is -2.60. The van der Waals surface area contributed by atoms with Gasteiger partial charge in [-0.25, -0.2) is 4.39 Å². The average Bonchev–Trinajstić information content (AvgIpc) is 2.35. The number of rotatable bonds is 2. The molecule has 0 saturated carbocycles. The first kappa shape index (κ1) is 13.8. The summed E-state index contributed by atoms with van der Waals surface area (Å²) < 4.78 is 14.1. The minimum atomic E-state index is -0.728. The van der Waals surface area contributed by atoms with Gasteiger partial charge < -0.3 is 5.32 Å². The summed E-state index contributed by atoms with van der Waals surface area (Å²) in [6, 6.07) is 3.68. The summed E-state index contributed by atoms with van der Waals surface area (Å²) in [5.41, 5.74) is 0.0473. The number of benzene rings is 1. The molecule has 6 heteroatoms. The zero-order valence-electron chi connectivity index (χ0n) is 10.6. The second-order valence-corrected chi connectivity index (χ2v) is 5.15. The van der Waals surface area contributed by atoms with Crippen LogP contribution in [-0.2, 0) is 9.59 Å². The first-order valence-electron chi connectivity index (χ1n) is 5.97. The molecule has 1 aromatic rings. The van der Waals surface area contributed by atoms with Gasteiger partial charge in [0.15, 0.2) is 5.82 Å². The van der Waals surface area contributed by atoms with E-state index in [-0.39, 0.29) is 35.0 Å². The minimum Gasteiger partial charge on any atom is -0.345 e. The zero-order valence-corrected chi connectivity index (χ0v) is 11.4. The molecule has 1 N–H and O–H groups in total. The van der Waals surface area contributed by atoms with Gasteiger partial charge in [-0.1, -0.05) is 31.5 Å². The fourth-order valence-electron chi connectivity index (χ4n) is 2.19. The van der Waals surface area contributed by atoms with E-state index in [2.05, 4.69) is 5.32 Å². The smallest absolute Gasteiger partial charge is 0.247 e. The Morgan fingerprint density at radius 2 is 2.11 bits per heavy atom. The van der Waals surface area contributed by atoms with Crippen LogP contribution in [0.25, 0.3) is 0 Å². The van der Waals surface area contributed by atoms with Gasteiger partial charge in [0.1, 0.15) is 6.04 Å². The van der Waals surface area contributed by atoms with Crippen LogP contribution in [0.2, 0.25) is 5.02 Å². The number of piperazine rings is 1. The van der Waals surface area contributed by atoms with E-state index in [1.54, 1.807) is 19.9 Å². The fraction of sp³-hybridized carbons (Fsp3) is 0.385. The predicted molar refractivity (Wildman–Crippen MR) is 70.5 cm³/mol. The van der Waals surface area contributed by atoms with Crippen LogP contribution in [0.15, 0.2) is 18.2 Å². The fourth-order valence-corrected chi connectivity index (χ4v) is 2.36. The molecule has 2 amide bonds. The molecular formula is C13H14ClFN2O2. The lowest BCUT2D eigenvalue weighted by Gasteiger charge is -2.37. The van der Waals surface area contributed by atoms with Crippen molar-refractivity contribution >= 4 is 29.1 Å². The highest BCUT2D eigenvalue weighted by atomic mass is 35.5. The van der Waals surface area contributed by atoms with Crippen molar-refractivity contribution in [3.63, 3.8) is 0 Å². The molecule has 4 nitrogen and oxygen atoms in total. The van der Waals surface area contributed by atoms with Gasteiger partial charge in [0, 0.05) is 0 Å². The topological polar surface area (TPSA) is 49.4 Å².